The van der Waals surface area contributed by atoms with Gasteiger partial charge < -0.3 is 10.6 Å². The Morgan fingerprint density at radius 3 is 2.68 bits per heavy atom. The maximum Gasteiger partial charge on any atom is 0.254 e. The first kappa shape index (κ1) is 15.3. The molecule has 1 aromatic carbocycles. The molecule has 25 heavy (non-hydrogen) atoms. The SMILES string of the molecule is Cc1cc(NCCNc2cc(C)nc3ncnn23)c2ccccc2n1. The Hall–Kier alpha value is -3.22. The number of benzene rings is 1. The van der Waals surface area contributed by atoms with Crippen LogP contribution in [0.4, 0.5) is 11.5 Å². The monoisotopic (exact) mass is 333 g/mol. The van der Waals surface area contributed by atoms with Gasteiger partial charge in [0.1, 0.15) is 12.1 Å². The van der Waals surface area contributed by atoms with Crippen molar-refractivity contribution in [3.05, 3.63) is 54.1 Å². The molecule has 0 radical (unpaired) electrons. The zero-order valence-corrected chi connectivity index (χ0v) is 14.2. The van der Waals surface area contributed by atoms with E-state index in [0.29, 0.717) is 5.78 Å². The number of rotatable bonds is 5. The van der Waals surface area contributed by atoms with Crippen LogP contribution in [0, 0.1) is 13.8 Å². The van der Waals surface area contributed by atoms with Crippen LogP contribution in [0.15, 0.2) is 42.7 Å². The Kier molecular flexibility index (Phi) is 3.89. The molecular weight excluding hydrogens is 314 g/mol. The Morgan fingerprint density at radius 2 is 1.76 bits per heavy atom. The predicted molar refractivity (Wildman–Crippen MR) is 99.0 cm³/mol. The van der Waals surface area contributed by atoms with Crippen molar-refractivity contribution in [2.24, 2.45) is 0 Å². The fourth-order valence-electron chi connectivity index (χ4n) is 2.90. The standard InChI is InChI=1S/C18H19N7/c1-12-9-16(14-5-3-4-6-15(14)23-12)19-7-8-20-17-10-13(2)24-18-21-11-22-25(17)18/h3-6,9-11,20H,7-8H2,1-2H3,(H,19,23). The lowest BCUT2D eigenvalue weighted by Crippen LogP contribution is -2.16. The van der Waals surface area contributed by atoms with Gasteiger partial charge in [-0.1, -0.05) is 18.2 Å². The summed E-state index contributed by atoms with van der Waals surface area (Å²) in [5.74, 6) is 1.49. The summed E-state index contributed by atoms with van der Waals surface area (Å²) in [5.41, 5.74) is 4.02. The first-order valence-electron chi connectivity index (χ1n) is 8.22. The van der Waals surface area contributed by atoms with Crippen LogP contribution in [0.2, 0.25) is 0 Å². The Balaban J connectivity index is 1.47. The molecule has 0 bridgehead atoms. The van der Waals surface area contributed by atoms with Crippen molar-refractivity contribution in [3.8, 4) is 0 Å². The molecule has 7 heteroatoms. The molecule has 4 aromatic rings. The Labute approximate surface area is 145 Å². The van der Waals surface area contributed by atoms with Crippen molar-refractivity contribution in [3.63, 3.8) is 0 Å². The van der Waals surface area contributed by atoms with Crippen LogP contribution in [0.1, 0.15) is 11.4 Å². The second-order valence-electron chi connectivity index (χ2n) is 5.94. The smallest absolute Gasteiger partial charge is 0.254 e. The van der Waals surface area contributed by atoms with Gasteiger partial charge in [0.25, 0.3) is 5.78 Å². The summed E-state index contributed by atoms with van der Waals surface area (Å²) in [5, 5.41) is 12.2. The number of nitrogens with one attached hydrogen (secondary N) is 2. The van der Waals surface area contributed by atoms with E-state index in [2.05, 4.69) is 42.8 Å². The molecule has 2 N–H and O–H groups in total. The lowest BCUT2D eigenvalue weighted by molar-refractivity contribution is 0.915. The van der Waals surface area contributed by atoms with E-state index in [1.54, 1.807) is 4.52 Å². The molecule has 0 aliphatic carbocycles. The van der Waals surface area contributed by atoms with Gasteiger partial charge in [-0.25, -0.2) is 4.98 Å². The summed E-state index contributed by atoms with van der Waals surface area (Å²) in [7, 11) is 0. The van der Waals surface area contributed by atoms with Crippen molar-refractivity contribution in [1.29, 1.82) is 0 Å². The molecule has 4 rings (SSSR count). The number of hydrogen-bond acceptors (Lipinski definition) is 6. The van der Waals surface area contributed by atoms with Gasteiger partial charge in [-0.15, -0.1) is 0 Å². The number of hydrogen-bond donors (Lipinski definition) is 2. The minimum Gasteiger partial charge on any atom is -0.383 e. The van der Waals surface area contributed by atoms with E-state index in [9.17, 15) is 0 Å². The molecule has 0 atom stereocenters. The zero-order valence-electron chi connectivity index (χ0n) is 14.2. The van der Waals surface area contributed by atoms with E-state index in [-0.39, 0.29) is 0 Å². The van der Waals surface area contributed by atoms with Gasteiger partial charge in [-0.05, 0) is 26.0 Å². The lowest BCUT2D eigenvalue weighted by Gasteiger charge is -2.12. The van der Waals surface area contributed by atoms with Crippen molar-refractivity contribution in [2.45, 2.75) is 13.8 Å². The van der Waals surface area contributed by atoms with Gasteiger partial charge in [0.2, 0.25) is 0 Å². The highest BCUT2D eigenvalue weighted by atomic mass is 15.3. The van der Waals surface area contributed by atoms with Crippen molar-refractivity contribution < 1.29 is 0 Å². The summed E-state index contributed by atoms with van der Waals surface area (Å²) in [4.78, 5) is 13.0. The van der Waals surface area contributed by atoms with E-state index in [4.69, 9.17) is 0 Å². The van der Waals surface area contributed by atoms with Crippen LogP contribution in [0.5, 0.6) is 0 Å². The van der Waals surface area contributed by atoms with Gasteiger partial charge >= 0.3 is 0 Å². The topological polar surface area (TPSA) is 80.0 Å². The maximum absolute atomic E-state index is 4.57. The third kappa shape index (κ3) is 3.08. The highest BCUT2D eigenvalue weighted by Gasteiger charge is 2.06. The number of nitrogens with zero attached hydrogens (tertiary/aromatic N) is 5. The first-order chi connectivity index (χ1) is 12.2. The van der Waals surface area contributed by atoms with E-state index >= 15 is 0 Å². The summed E-state index contributed by atoms with van der Waals surface area (Å²) in [6, 6.07) is 12.2. The normalized spacial score (nSPS) is 11.1. The van der Waals surface area contributed by atoms with Crippen molar-refractivity contribution in [1.82, 2.24) is 24.6 Å². The summed E-state index contributed by atoms with van der Waals surface area (Å²) >= 11 is 0. The maximum atomic E-state index is 4.57. The third-order valence-electron chi connectivity index (χ3n) is 3.97. The van der Waals surface area contributed by atoms with E-state index < -0.39 is 0 Å². The summed E-state index contributed by atoms with van der Waals surface area (Å²) in [6.07, 6.45) is 1.51. The van der Waals surface area contributed by atoms with Crippen LogP contribution in [-0.4, -0.2) is 37.7 Å². The molecule has 0 saturated carbocycles. The van der Waals surface area contributed by atoms with E-state index in [1.165, 1.54) is 6.33 Å². The quantitative estimate of drug-likeness (QED) is 0.547. The van der Waals surface area contributed by atoms with Gasteiger partial charge in [-0.2, -0.15) is 14.6 Å². The fourth-order valence-corrected chi connectivity index (χ4v) is 2.90. The second-order valence-corrected chi connectivity index (χ2v) is 5.94. The Bertz CT molecular complexity index is 1040. The van der Waals surface area contributed by atoms with Gasteiger partial charge in [0.15, 0.2) is 0 Å². The Morgan fingerprint density at radius 1 is 0.960 bits per heavy atom. The lowest BCUT2D eigenvalue weighted by atomic mass is 10.1. The van der Waals surface area contributed by atoms with E-state index in [0.717, 1.165) is 46.9 Å². The number of aryl methyl sites for hydroxylation is 2. The van der Waals surface area contributed by atoms with Crippen LogP contribution in [-0.2, 0) is 0 Å². The zero-order chi connectivity index (χ0) is 17.2. The largest absolute Gasteiger partial charge is 0.383 e. The summed E-state index contributed by atoms with van der Waals surface area (Å²) in [6.45, 7) is 5.47. The minimum absolute atomic E-state index is 0.603. The number of para-hydroxylation sites is 1. The third-order valence-corrected chi connectivity index (χ3v) is 3.97. The highest BCUT2D eigenvalue weighted by molar-refractivity contribution is 5.91. The predicted octanol–water partition coefficient (Wildman–Crippen LogP) is 2.81. The first-order valence-corrected chi connectivity index (χ1v) is 8.22. The molecule has 0 amide bonds. The molecule has 0 aliphatic heterocycles. The molecule has 3 aromatic heterocycles. The van der Waals surface area contributed by atoms with Crippen molar-refractivity contribution in [2.75, 3.05) is 23.7 Å². The molecule has 0 saturated heterocycles. The molecule has 0 aliphatic rings. The number of anilines is 2. The average molecular weight is 333 g/mol. The van der Waals surface area contributed by atoms with Gasteiger partial charge in [-0.3, -0.25) is 4.98 Å². The van der Waals surface area contributed by atoms with Crippen LogP contribution in [0.3, 0.4) is 0 Å². The summed E-state index contributed by atoms with van der Waals surface area (Å²) < 4.78 is 1.71. The van der Waals surface area contributed by atoms with Crippen LogP contribution < -0.4 is 10.6 Å². The second kappa shape index (κ2) is 6.35. The molecule has 0 fully saturated rings. The molecule has 7 nitrogen and oxygen atoms in total. The van der Waals surface area contributed by atoms with Gasteiger partial charge in [0, 0.05) is 41.6 Å². The minimum atomic E-state index is 0.603. The van der Waals surface area contributed by atoms with Gasteiger partial charge in [0.05, 0.1) is 5.52 Å². The molecule has 3 heterocycles. The molecular formula is C18H19N7. The molecule has 0 spiro atoms. The fraction of sp³-hybridized carbons (Fsp3) is 0.222. The number of fused-ring (bicyclic) bond motifs is 2. The van der Waals surface area contributed by atoms with Crippen LogP contribution in [0.25, 0.3) is 16.7 Å². The van der Waals surface area contributed by atoms with Crippen molar-refractivity contribution >= 4 is 28.2 Å². The molecule has 126 valence electrons. The highest BCUT2D eigenvalue weighted by Crippen LogP contribution is 2.22. The number of pyridine rings is 1. The number of aromatic nitrogens is 5. The molecule has 0 unspecified atom stereocenters. The average Bonchev–Trinajstić information content (AvgIpc) is 3.06. The van der Waals surface area contributed by atoms with Crippen LogP contribution >= 0.6 is 0 Å². The van der Waals surface area contributed by atoms with E-state index in [1.807, 2.05) is 38.1 Å².